The van der Waals surface area contributed by atoms with E-state index in [0.29, 0.717) is 19.3 Å². The summed E-state index contributed by atoms with van der Waals surface area (Å²) < 4.78 is 24.1. The summed E-state index contributed by atoms with van der Waals surface area (Å²) in [5, 5.41) is 0.186. The number of hydrogen-bond acceptors (Lipinski definition) is 4. The molecule has 1 aliphatic heterocycles. The Morgan fingerprint density at radius 3 is 2.46 bits per heavy atom. The van der Waals surface area contributed by atoms with Gasteiger partial charge in [0, 0.05) is 24.9 Å². The number of hydrogen-bond donors (Lipinski definition) is 0. The Labute approximate surface area is 161 Å². The van der Waals surface area contributed by atoms with Gasteiger partial charge < -0.3 is 18.6 Å². The first-order valence-corrected chi connectivity index (χ1v) is 12.9. The highest BCUT2D eigenvalue weighted by Gasteiger charge is 2.61. The van der Waals surface area contributed by atoms with E-state index in [1.165, 1.54) is 0 Å². The maximum atomic E-state index is 6.71. The van der Waals surface area contributed by atoms with E-state index in [1.54, 1.807) is 7.11 Å². The highest BCUT2D eigenvalue weighted by molar-refractivity contribution is 6.74. The van der Waals surface area contributed by atoms with Gasteiger partial charge in [-0.25, -0.2) is 0 Å². The van der Waals surface area contributed by atoms with Crippen molar-refractivity contribution in [3.05, 3.63) is 12.7 Å². The van der Waals surface area contributed by atoms with Crippen LogP contribution in [0.2, 0.25) is 18.1 Å². The second-order valence-corrected chi connectivity index (χ2v) is 14.9. The lowest BCUT2D eigenvalue weighted by atomic mass is 9.72. The summed E-state index contributed by atoms with van der Waals surface area (Å²) >= 11 is 0. The zero-order valence-corrected chi connectivity index (χ0v) is 19.2. The Kier molecular flexibility index (Phi) is 6.51. The van der Waals surface area contributed by atoms with E-state index < -0.39 is 8.32 Å². The third-order valence-electron chi connectivity index (χ3n) is 7.20. The Morgan fingerprint density at radius 1 is 1.27 bits per heavy atom. The molecule has 2 fully saturated rings. The standard InChI is InChI=1S/C21H40O4Si/c1-10-17-20(6,14-23-15-22-7)11-12-21(17)16(2)13-18(24-21)25-26(8,9)19(3,4)5/h10,16-18H,1,11-15H2,2-9H3/t16-,17+,18+,20+,21+/m0/s1. The van der Waals surface area contributed by atoms with Crippen LogP contribution >= 0.6 is 0 Å². The van der Waals surface area contributed by atoms with Crippen molar-refractivity contribution in [1.82, 2.24) is 0 Å². The second kappa shape index (κ2) is 7.67. The first kappa shape index (κ1) is 22.1. The third kappa shape index (κ3) is 3.97. The monoisotopic (exact) mass is 384 g/mol. The molecule has 0 unspecified atom stereocenters. The minimum Gasteiger partial charge on any atom is -0.392 e. The van der Waals surface area contributed by atoms with E-state index in [9.17, 15) is 0 Å². The Bertz CT molecular complexity index is 501. The van der Waals surface area contributed by atoms with Gasteiger partial charge in [0.25, 0.3) is 0 Å². The van der Waals surface area contributed by atoms with E-state index in [0.717, 1.165) is 19.3 Å². The maximum Gasteiger partial charge on any atom is 0.195 e. The lowest BCUT2D eigenvalue weighted by molar-refractivity contribution is -0.155. The SMILES string of the molecule is C=C[C@@H]1[C@@](C)(COCOC)CC[C@]12O[C@H](O[Si](C)(C)C(C)(C)C)C[C@@H]2C. The summed E-state index contributed by atoms with van der Waals surface area (Å²) in [4.78, 5) is 0. The average Bonchev–Trinajstić information content (AvgIpc) is 2.96. The minimum absolute atomic E-state index is 0.0282. The van der Waals surface area contributed by atoms with Crippen LogP contribution in [0.15, 0.2) is 12.7 Å². The van der Waals surface area contributed by atoms with E-state index in [-0.39, 0.29) is 28.3 Å². The fourth-order valence-electron chi connectivity index (χ4n) is 4.55. The first-order valence-electron chi connectivity index (χ1n) is 9.97. The zero-order valence-electron chi connectivity index (χ0n) is 18.2. The van der Waals surface area contributed by atoms with E-state index in [4.69, 9.17) is 18.6 Å². The predicted molar refractivity (Wildman–Crippen MR) is 109 cm³/mol. The first-order chi connectivity index (χ1) is 11.9. The van der Waals surface area contributed by atoms with Crippen LogP contribution in [-0.4, -0.2) is 40.7 Å². The van der Waals surface area contributed by atoms with Crippen LogP contribution in [0.4, 0.5) is 0 Å². The predicted octanol–water partition coefficient (Wildman–Crippen LogP) is 5.35. The molecular formula is C21H40O4Si. The van der Waals surface area contributed by atoms with Gasteiger partial charge in [0.2, 0.25) is 0 Å². The molecule has 1 saturated carbocycles. The highest BCUT2D eigenvalue weighted by atomic mass is 28.4. The molecule has 1 spiro atoms. The molecule has 1 aliphatic carbocycles. The summed E-state index contributed by atoms with van der Waals surface area (Å²) in [5.41, 5.74) is -0.152. The summed E-state index contributed by atoms with van der Waals surface area (Å²) in [5.74, 6) is 0.708. The Morgan fingerprint density at radius 2 is 1.92 bits per heavy atom. The van der Waals surface area contributed by atoms with Crippen molar-refractivity contribution >= 4 is 8.32 Å². The molecule has 4 nitrogen and oxygen atoms in total. The fourth-order valence-corrected chi connectivity index (χ4v) is 5.70. The molecule has 2 rings (SSSR count). The topological polar surface area (TPSA) is 36.9 Å². The minimum atomic E-state index is -1.85. The highest BCUT2D eigenvalue weighted by Crippen LogP contribution is 2.59. The van der Waals surface area contributed by atoms with Crippen LogP contribution in [0, 0.1) is 17.3 Å². The molecule has 0 bridgehead atoms. The molecule has 0 aromatic heterocycles. The van der Waals surface area contributed by atoms with E-state index >= 15 is 0 Å². The number of methoxy groups -OCH3 is 1. The van der Waals surface area contributed by atoms with Gasteiger partial charge in [-0.3, -0.25) is 0 Å². The zero-order chi connectivity index (χ0) is 19.8. The van der Waals surface area contributed by atoms with Crippen molar-refractivity contribution in [3.8, 4) is 0 Å². The molecular weight excluding hydrogens is 344 g/mol. The molecule has 2 aliphatic rings. The molecule has 5 heteroatoms. The number of rotatable bonds is 7. The van der Waals surface area contributed by atoms with Crippen molar-refractivity contribution in [2.24, 2.45) is 17.3 Å². The summed E-state index contributed by atoms with van der Waals surface area (Å²) in [6.45, 7) is 21.2. The van der Waals surface area contributed by atoms with Gasteiger partial charge >= 0.3 is 0 Å². The van der Waals surface area contributed by atoms with Gasteiger partial charge in [-0.1, -0.05) is 40.7 Å². The molecule has 1 saturated heterocycles. The lowest BCUT2D eigenvalue weighted by Gasteiger charge is -2.41. The quantitative estimate of drug-likeness (QED) is 0.256. The smallest absolute Gasteiger partial charge is 0.195 e. The fraction of sp³-hybridized carbons (Fsp3) is 0.905. The summed E-state index contributed by atoms with van der Waals surface area (Å²) in [6, 6.07) is 0. The maximum absolute atomic E-state index is 6.71. The molecule has 0 radical (unpaired) electrons. The summed E-state index contributed by atoms with van der Waals surface area (Å²) in [6.07, 6.45) is 5.07. The molecule has 0 N–H and O–H groups in total. The largest absolute Gasteiger partial charge is 0.392 e. The van der Waals surface area contributed by atoms with Gasteiger partial charge in [0.15, 0.2) is 8.32 Å². The summed E-state index contributed by atoms with van der Waals surface area (Å²) in [7, 11) is -0.192. The molecule has 152 valence electrons. The normalized spacial score (nSPS) is 38.2. The van der Waals surface area contributed by atoms with Crippen molar-refractivity contribution in [1.29, 1.82) is 0 Å². The van der Waals surface area contributed by atoms with Gasteiger partial charge in [-0.05, 0) is 36.9 Å². The van der Waals surface area contributed by atoms with Crippen molar-refractivity contribution in [2.45, 2.75) is 83.9 Å². The molecule has 26 heavy (non-hydrogen) atoms. The second-order valence-electron chi connectivity index (χ2n) is 10.1. The number of ether oxygens (including phenoxy) is 3. The Hall–Kier alpha value is -0.203. The van der Waals surface area contributed by atoms with Crippen LogP contribution in [0.5, 0.6) is 0 Å². The van der Waals surface area contributed by atoms with Crippen molar-refractivity contribution in [3.63, 3.8) is 0 Å². The van der Waals surface area contributed by atoms with Crippen LogP contribution < -0.4 is 0 Å². The van der Waals surface area contributed by atoms with Crippen molar-refractivity contribution in [2.75, 3.05) is 20.5 Å². The molecule has 0 aromatic rings. The van der Waals surface area contributed by atoms with Crippen LogP contribution in [-0.2, 0) is 18.6 Å². The molecule has 5 atom stereocenters. The van der Waals surface area contributed by atoms with Gasteiger partial charge in [0.1, 0.15) is 13.1 Å². The third-order valence-corrected chi connectivity index (χ3v) is 11.7. The van der Waals surface area contributed by atoms with Gasteiger partial charge in [-0.15, -0.1) is 6.58 Å². The molecule has 0 amide bonds. The molecule has 0 aromatic carbocycles. The van der Waals surface area contributed by atoms with Gasteiger partial charge in [0.05, 0.1) is 12.2 Å². The van der Waals surface area contributed by atoms with Crippen LogP contribution in [0.3, 0.4) is 0 Å². The van der Waals surface area contributed by atoms with Crippen LogP contribution in [0.1, 0.15) is 53.9 Å². The van der Waals surface area contributed by atoms with Crippen molar-refractivity contribution < 1.29 is 18.6 Å². The van der Waals surface area contributed by atoms with E-state index in [2.05, 4.69) is 60.4 Å². The molecule has 1 heterocycles. The lowest BCUT2D eigenvalue weighted by Crippen LogP contribution is -2.46. The van der Waals surface area contributed by atoms with E-state index in [1.807, 2.05) is 0 Å². The van der Waals surface area contributed by atoms with Gasteiger partial charge in [-0.2, -0.15) is 0 Å². The van der Waals surface area contributed by atoms with Crippen LogP contribution in [0.25, 0.3) is 0 Å². The average molecular weight is 385 g/mol. The Balaban J connectivity index is 2.15.